The average Bonchev–Trinajstić information content (AvgIpc) is 2.87. The number of rotatable bonds is 5. The van der Waals surface area contributed by atoms with Crippen LogP contribution in [0.2, 0.25) is 0 Å². The lowest BCUT2D eigenvalue weighted by atomic mass is 10.1. The molecule has 0 radical (unpaired) electrons. The lowest BCUT2D eigenvalue weighted by Gasteiger charge is -2.34. The first-order valence-corrected chi connectivity index (χ1v) is 6.44. The highest BCUT2D eigenvalue weighted by Crippen LogP contribution is 2.14. The maximum atomic E-state index is 12.4. The highest BCUT2D eigenvalue weighted by atomic mass is 16.5. The van der Waals surface area contributed by atoms with Crippen LogP contribution in [0.3, 0.4) is 0 Å². The van der Waals surface area contributed by atoms with Crippen LogP contribution in [0, 0.1) is 0 Å². The van der Waals surface area contributed by atoms with Gasteiger partial charge in [-0.25, -0.2) is 4.98 Å². The first kappa shape index (κ1) is 14.5. The lowest BCUT2D eigenvalue weighted by Crippen LogP contribution is -2.49. The quantitative estimate of drug-likeness (QED) is 0.728. The molecule has 1 saturated heterocycles. The summed E-state index contributed by atoms with van der Waals surface area (Å²) in [5.74, 6) is -1.22. The van der Waals surface area contributed by atoms with Crippen molar-refractivity contribution in [3.8, 4) is 0 Å². The molecule has 2 heterocycles. The van der Waals surface area contributed by atoms with Crippen LogP contribution in [-0.2, 0) is 16.1 Å². The molecule has 1 aromatic rings. The number of amides is 1. The van der Waals surface area contributed by atoms with Crippen molar-refractivity contribution in [3.05, 3.63) is 18.2 Å². The molecule has 1 unspecified atom stereocenters. The van der Waals surface area contributed by atoms with Crippen molar-refractivity contribution in [3.63, 3.8) is 0 Å². The second-order valence-corrected chi connectivity index (χ2v) is 4.61. The first-order valence-electron chi connectivity index (χ1n) is 6.44. The summed E-state index contributed by atoms with van der Waals surface area (Å²) >= 11 is 0. The van der Waals surface area contributed by atoms with Gasteiger partial charge in [0.2, 0.25) is 0 Å². The molecule has 1 aliphatic heterocycles. The second kappa shape index (κ2) is 6.49. The normalized spacial score (nSPS) is 19.1. The predicted molar refractivity (Wildman–Crippen MR) is 69.2 cm³/mol. The number of carbonyl (C=O) groups excluding carboxylic acids is 1. The Morgan fingerprint density at radius 2 is 2.35 bits per heavy atom. The predicted octanol–water partition coefficient (Wildman–Crippen LogP) is -0.842. The highest BCUT2D eigenvalue weighted by molar-refractivity contribution is 5.92. The minimum atomic E-state index is -0.952. The zero-order valence-electron chi connectivity index (χ0n) is 11.1. The van der Waals surface area contributed by atoms with Gasteiger partial charge in [0.05, 0.1) is 32.0 Å². The molecule has 2 rings (SSSR count). The van der Waals surface area contributed by atoms with Gasteiger partial charge in [-0.1, -0.05) is 0 Å². The van der Waals surface area contributed by atoms with Gasteiger partial charge in [-0.05, 0) is 0 Å². The Hall–Kier alpha value is -1.93. The first-order chi connectivity index (χ1) is 9.61. The molecular weight excluding hydrogens is 264 g/mol. The van der Waals surface area contributed by atoms with E-state index in [1.54, 1.807) is 17.1 Å². The summed E-state index contributed by atoms with van der Waals surface area (Å²) in [5, 5.41) is 8.88. The molecule has 0 aromatic carbocycles. The molecule has 0 saturated carbocycles. The highest BCUT2D eigenvalue weighted by Gasteiger charge is 2.30. The van der Waals surface area contributed by atoms with E-state index >= 15 is 0 Å². The van der Waals surface area contributed by atoms with Crippen LogP contribution in [-0.4, -0.2) is 63.8 Å². The Balaban J connectivity index is 2.09. The van der Waals surface area contributed by atoms with Gasteiger partial charge >= 0.3 is 5.97 Å². The van der Waals surface area contributed by atoms with Crippen LogP contribution in [0.4, 0.5) is 0 Å². The van der Waals surface area contributed by atoms with Gasteiger partial charge in [-0.3, -0.25) is 9.59 Å². The number of nitrogens with zero attached hydrogens (tertiary/aromatic N) is 3. The third kappa shape index (κ3) is 3.34. The van der Waals surface area contributed by atoms with Crippen LogP contribution >= 0.6 is 0 Å². The Morgan fingerprint density at radius 1 is 1.55 bits per heavy atom. The third-order valence-electron chi connectivity index (χ3n) is 3.14. The van der Waals surface area contributed by atoms with Gasteiger partial charge in [0, 0.05) is 25.8 Å². The summed E-state index contributed by atoms with van der Waals surface area (Å²) in [6.07, 6.45) is 3.05. The largest absolute Gasteiger partial charge is 0.481 e. The van der Waals surface area contributed by atoms with E-state index < -0.39 is 12.0 Å². The maximum absolute atomic E-state index is 12.4. The summed E-state index contributed by atoms with van der Waals surface area (Å²) in [4.78, 5) is 28.8. The monoisotopic (exact) mass is 282 g/mol. The molecule has 0 spiro atoms. The van der Waals surface area contributed by atoms with E-state index in [0.717, 1.165) is 0 Å². The van der Waals surface area contributed by atoms with Gasteiger partial charge < -0.3 is 25.0 Å². The van der Waals surface area contributed by atoms with Crippen molar-refractivity contribution in [2.75, 3.05) is 26.3 Å². The lowest BCUT2D eigenvalue weighted by molar-refractivity contribution is -0.139. The summed E-state index contributed by atoms with van der Waals surface area (Å²) in [6, 6.07) is -0.451. The summed E-state index contributed by atoms with van der Waals surface area (Å²) in [6.45, 7) is 2.07. The average molecular weight is 282 g/mol. The van der Waals surface area contributed by atoms with E-state index in [0.29, 0.717) is 31.9 Å². The number of carboxylic acids is 1. The number of imidazole rings is 1. The van der Waals surface area contributed by atoms with E-state index in [2.05, 4.69) is 4.98 Å². The van der Waals surface area contributed by atoms with Crippen molar-refractivity contribution >= 4 is 11.9 Å². The molecule has 1 atom stereocenters. The molecular formula is C12H18N4O4. The molecule has 0 aliphatic carbocycles. The van der Waals surface area contributed by atoms with Crippen molar-refractivity contribution < 1.29 is 19.4 Å². The van der Waals surface area contributed by atoms with E-state index in [1.807, 2.05) is 0 Å². The van der Waals surface area contributed by atoms with Crippen LogP contribution in [0.5, 0.6) is 0 Å². The van der Waals surface area contributed by atoms with Crippen LogP contribution in [0.25, 0.3) is 0 Å². The third-order valence-corrected chi connectivity index (χ3v) is 3.14. The van der Waals surface area contributed by atoms with Gasteiger partial charge in [0.1, 0.15) is 5.69 Å². The van der Waals surface area contributed by atoms with Gasteiger partial charge in [0.25, 0.3) is 5.91 Å². The Morgan fingerprint density at radius 3 is 3.05 bits per heavy atom. The number of morpholine rings is 1. The van der Waals surface area contributed by atoms with Crippen molar-refractivity contribution in [1.82, 2.24) is 14.5 Å². The number of carbonyl (C=O) groups is 2. The number of hydrogen-bond donors (Lipinski definition) is 2. The summed E-state index contributed by atoms with van der Waals surface area (Å²) in [5.41, 5.74) is 5.74. The zero-order valence-corrected chi connectivity index (χ0v) is 11.1. The minimum Gasteiger partial charge on any atom is -0.481 e. The van der Waals surface area contributed by atoms with Crippen LogP contribution in [0.1, 0.15) is 16.9 Å². The maximum Gasteiger partial charge on any atom is 0.305 e. The molecule has 1 aliphatic rings. The number of carboxylic acid groups (broad SMARTS) is 1. The Labute approximate surface area is 116 Å². The molecule has 8 heteroatoms. The fraction of sp³-hybridized carbons (Fsp3) is 0.583. The second-order valence-electron chi connectivity index (χ2n) is 4.61. The SMILES string of the molecule is NCCn1cnc(C(=O)N2CCOCC2CC(=O)O)c1. The summed E-state index contributed by atoms with van der Waals surface area (Å²) < 4.78 is 6.98. The molecule has 1 fully saturated rings. The van der Waals surface area contributed by atoms with Crippen molar-refractivity contribution in [2.24, 2.45) is 5.73 Å². The van der Waals surface area contributed by atoms with E-state index in [1.165, 1.54) is 4.90 Å². The number of aliphatic carboxylic acids is 1. The van der Waals surface area contributed by atoms with Crippen LogP contribution in [0.15, 0.2) is 12.5 Å². The smallest absolute Gasteiger partial charge is 0.305 e. The Kier molecular flexibility index (Phi) is 4.70. The minimum absolute atomic E-state index is 0.130. The van der Waals surface area contributed by atoms with Crippen molar-refractivity contribution in [2.45, 2.75) is 19.0 Å². The molecule has 1 aromatic heterocycles. The fourth-order valence-electron chi connectivity index (χ4n) is 2.18. The number of hydrogen-bond acceptors (Lipinski definition) is 5. The van der Waals surface area contributed by atoms with E-state index in [9.17, 15) is 9.59 Å². The number of aromatic nitrogens is 2. The molecule has 3 N–H and O–H groups in total. The standard InChI is InChI=1S/C12H18N4O4/c13-1-2-15-6-10(14-8-15)12(19)16-3-4-20-7-9(16)5-11(17)18/h6,8-9H,1-5,7,13H2,(H,17,18). The summed E-state index contributed by atoms with van der Waals surface area (Å²) in [7, 11) is 0. The number of nitrogens with two attached hydrogens (primary N) is 1. The molecule has 1 amide bonds. The molecule has 8 nitrogen and oxygen atoms in total. The molecule has 0 bridgehead atoms. The fourth-order valence-corrected chi connectivity index (χ4v) is 2.18. The van der Waals surface area contributed by atoms with Crippen molar-refractivity contribution in [1.29, 1.82) is 0 Å². The van der Waals surface area contributed by atoms with Gasteiger partial charge in [0.15, 0.2) is 0 Å². The molecule has 110 valence electrons. The number of ether oxygens (including phenoxy) is 1. The topological polar surface area (TPSA) is 111 Å². The van der Waals surface area contributed by atoms with Gasteiger partial charge in [-0.15, -0.1) is 0 Å². The van der Waals surface area contributed by atoms with E-state index in [-0.39, 0.29) is 18.9 Å². The van der Waals surface area contributed by atoms with Gasteiger partial charge in [-0.2, -0.15) is 0 Å². The zero-order chi connectivity index (χ0) is 14.5. The van der Waals surface area contributed by atoms with Crippen LogP contribution < -0.4 is 5.73 Å². The Bertz CT molecular complexity index is 488. The van der Waals surface area contributed by atoms with E-state index in [4.69, 9.17) is 15.6 Å². The molecule has 20 heavy (non-hydrogen) atoms.